The van der Waals surface area contributed by atoms with Crippen molar-refractivity contribution in [2.75, 3.05) is 13.1 Å². The first kappa shape index (κ1) is 17.5. The molecule has 132 valence electrons. The van der Waals surface area contributed by atoms with Gasteiger partial charge in [-0.3, -0.25) is 4.79 Å². The molecule has 4 nitrogen and oxygen atoms in total. The van der Waals surface area contributed by atoms with Crippen molar-refractivity contribution in [3.63, 3.8) is 0 Å². The standard InChI is InChI=1S/C21H26N2O2/c24-21(11-8-17-12-14-22-15-13-17)23-16-18-6-9-20(10-7-18)25-19-4-2-1-3-5-19/h1-7,9-10,17,22H,8,11-16H2,(H,23,24). The molecule has 3 rings (SSSR count). The second-order valence-corrected chi connectivity index (χ2v) is 6.57. The highest BCUT2D eigenvalue weighted by molar-refractivity contribution is 5.75. The maximum atomic E-state index is 12.0. The Kier molecular flexibility index (Phi) is 6.46. The van der Waals surface area contributed by atoms with Crippen molar-refractivity contribution in [3.8, 4) is 11.5 Å². The molecule has 0 saturated carbocycles. The summed E-state index contributed by atoms with van der Waals surface area (Å²) in [5, 5.41) is 6.37. The molecule has 1 aliphatic heterocycles. The molecular formula is C21H26N2O2. The van der Waals surface area contributed by atoms with Crippen LogP contribution in [0.5, 0.6) is 11.5 Å². The minimum absolute atomic E-state index is 0.142. The van der Waals surface area contributed by atoms with Gasteiger partial charge in [-0.25, -0.2) is 0 Å². The van der Waals surface area contributed by atoms with Crippen LogP contribution in [0.1, 0.15) is 31.2 Å². The minimum Gasteiger partial charge on any atom is -0.457 e. The molecule has 1 heterocycles. The van der Waals surface area contributed by atoms with Crippen LogP contribution in [0, 0.1) is 5.92 Å². The molecule has 0 aliphatic carbocycles. The van der Waals surface area contributed by atoms with Gasteiger partial charge < -0.3 is 15.4 Å². The van der Waals surface area contributed by atoms with Crippen molar-refractivity contribution in [1.82, 2.24) is 10.6 Å². The first-order chi connectivity index (χ1) is 12.3. The third kappa shape index (κ3) is 5.91. The molecular weight excluding hydrogens is 312 g/mol. The highest BCUT2D eigenvalue weighted by Gasteiger charge is 2.14. The summed E-state index contributed by atoms with van der Waals surface area (Å²) in [4.78, 5) is 12.0. The molecule has 0 radical (unpaired) electrons. The van der Waals surface area contributed by atoms with Crippen molar-refractivity contribution >= 4 is 5.91 Å². The molecule has 0 atom stereocenters. The van der Waals surface area contributed by atoms with Crippen molar-refractivity contribution in [2.24, 2.45) is 5.92 Å². The van der Waals surface area contributed by atoms with Gasteiger partial charge in [0.25, 0.3) is 0 Å². The van der Waals surface area contributed by atoms with E-state index in [-0.39, 0.29) is 5.91 Å². The first-order valence-electron chi connectivity index (χ1n) is 9.09. The first-order valence-corrected chi connectivity index (χ1v) is 9.09. The van der Waals surface area contributed by atoms with Crippen molar-refractivity contribution in [1.29, 1.82) is 0 Å². The van der Waals surface area contributed by atoms with Gasteiger partial charge in [0.05, 0.1) is 0 Å². The van der Waals surface area contributed by atoms with E-state index in [4.69, 9.17) is 4.74 Å². The van der Waals surface area contributed by atoms with Crippen LogP contribution in [0.15, 0.2) is 54.6 Å². The number of ether oxygens (including phenoxy) is 1. The predicted octanol–water partition coefficient (Wildman–Crippen LogP) is 3.87. The summed E-state index contributed by atoms with van der Waals surface area (Å²) in [7, 11) is 0. The van der Waals surface area contributed by atoms with E-state index in [0.717, 1.165) is 36.6 Å². The SMILES string of the molecule is O=C(CCC1CCNCC1)NCc1ccc(Oc2ccccc2)cc1. The number of amides is 1. The number of nitrogens with one attached hydrogen (secondary N) is 2. The fraction of sp³-hybridized carbons (Fsp3) is 0.381. The summed E-state index contributed by atoms with van der Waals surface area (Å²) in [6.45, 7) is 2.74. The number of rotatable bonds is 7. The van der Waals surface area contributed by atoms with Gasteiger partial charge in [0.15, 0.2) is 0 Å². The molecule has 25 heavy (non-hydrogen) atoms. The summed E-state index contributed by atoms with van der Waals surface area (Å²) in [6, 6.07) is 17.6. The molecule has 2 aromatic carbocycles. The van der Waals surface area contributed by atoms with Gasteiger partial charge in [0, 0.05) is 13.0 Å². The van der Waals surface area contributed by atoms with Gasteiger partial charge in [-0.15, -0.1) is 0 Å². The van der Waals surface area contributed by atoms with Crippen LogP contribution in [0.3, 0.4) is 0 Å². The van der Waals surface area contributed by atoms with Crippen LogP contribution in [0.4, 0.5) is 0 Å². The summed E-state index contributed by atoms with van der Waals surface area (Å²) >= 11 is 0. The van der Waals surface area contributed by atoms with E-state index < -0.39 is 0 Å². The van der Waals surface area contributed by atoms with Crippen LogP contribution in [0.25, 0.3) is 0 Å². The van der Waals surface area contributed by atoms with E-state index in [9.17, 15) is 4.79 Å². The summed E-state index contributed by atoms with van der Waals surface area (Å²) in [5.41, 5.74) is 1.08. The van der Waals surface area contributed by atoms with Gasteiger partial charge in [-0.2, -0.15) is 0 Å². The number of para-hydroxylation sites is 1. The average Bonchev–Trinajstić information content (AvgIpc) is 2.67. The molecule has 1 fully saturated rings. The smallest absolute Gasteiger partial charge is 0.220 e. The maximum absolute atomic E-state index is 12.0. The largest absolute Gasteiger partial charge is 0.457 e. The number of carbonyl (C=O) groups is 1. The van der Waals surface area contributed by atoms with E-state index >= 15 is 0 Å². The lowest BCUT2D eigenvalue weighted by Crippen LogP contribution is -2.29. The Morgan fingerprint density at radius 3 is 2.40 bits per heavy atom. The molecule has 2 N–H and O–H groups in total. The number of piperidine rings is 1. The molecule has 0 spiro atoms. The van der Waals surface area contributed by atoms with Gasteiger partial charge in [-0.05, 0) is 68.1 Å². The van der Waals surface area contributed by atoms with E-state index in [1.807, 2.05) is 54.6 Å². The van der Waals surface area contributed by atoms with E-state index in [0.29, 0.717) is 18.9 Å². The van der Waals surface area contributed by atoms with Crippen LogP contribution in [-0.4, -0.2) is 19.0 Å². The lowest BCUT2D eigenvalue weighted by molar-refractivity contribution is -0.121. The molecule has 1 amide bonds. The second-order valence-electron chi connectivity index (χ2n) is 6.57. The second kappa shape index (κ2) is 9.23. The van der Waals surface area contributed by atoms with Crippen LogP contribution in [-0.2, 0) is 11.3 Å². The number of carbonyl (C=O) groups excluding carboxylic acids is 1. The Hall–Kier alpha value is -2.33. The Balaban J connectivity index is 1.39. The molecule has 4 heteroatoms. The summed E-state index contributed by atoms with van der Waals surface area (Å²) in [5.74, 6) is 2.46. The van der Waals surface area contributed by atoms with Gasteiger partial charge in [0.2, 0.25) is 5.91 Å². The predicted molar refractivity (Wildman–Crippen MR) is 99.6 cm³/mol. The third-order valence-electron chi connectivity index (χ3n) is 4.63. The zero-order chi connectivity index (χ0) is 17.3. The Bertz CT molecular complexity index is 649. The zero-order valence-corrected chi connectivity index (χ0v) is 14.5. The van der Waals surface area contributed by atoms with E-state index in [2.05, 4.69) is 10.6 Å². The molecule has 1 aliphatic rings. The molecule has 1 saturated heterocycles. The Morgan fingerprint density at radius 2 is 1.68 bits per heavy atom. The van der Waals surface area contributed by atoms with Crippen molar-refractivity contribution in [3.05, 3.63) is 60.2 Å². The highest BCUT2D eigenvalue weighted by atomic mass is 16.5. The Labute approximate surface area is 149 Å². The van der Waals surface area contributed by atoms with E-state index in [1.165, 1.54) is 12.8 Å². The zero-order valence-electron chi connectivity index (χ0n) is 14.5. The molecule has 0 unspecified atom stereocenters. The fourth-order valence-corrected chi connectivity index (χ4v) is 3.09. The average molecular weight is 338 g/mol. The third-order valence-corrected chi connectivity index (χ3v) is 4.63. The Morgan fingerprint density at radius 1 is 1.00 bits per heavy atom. The van der Waals surface area contributed by atoms with Crippen LogP contribution < -0.4 is 15.4 Å². The quantitative estimate of drug-likeness (QED) is 0.805. The highest BCUT2D eigenvalue weighted by Crippen LogP contribution is 2.21. The topological polar surface area (TPSA) is 50.4 Å². The lowest BCUT2D eigenvalue weighted by atomic mass is 9.93. The van der Waals surface area contributed by atoms with Crippen LogP contribution >= 0.6 is 0 Å². The van der Waals surface area contributed by atoms with Crippen molar-refractivity contribution < 1.29 is 9.53 Å². The fourth-order valence-electron chi connectivity index (χ4n) is 3.09. The molecule has 0 aromatic heterocycles. The van der Waals surface area contributed by atoms with Crippen molar-refractivity contribution in [2.45, 2.75) is 32.2 Å². The summed E-state index contributed by atoms with van der Waals surface area (Å²) < 4.78 is 5.77. The number of benzene rings is 2. The number of hydrogen-bond donors (Lipinski definition) is 2. The van der Waals surface area contributed by atoms with E-state index in [1.54, 1.807) is 0 Å². The van der Waals surface area contributed by atoms with Gasteiger partial charge >= 0.3 is 0 Å². The number of hydrogen-bond acceptors (Lipinski definition) is 3. The minimum atomic E-state index is 0.142. The molecule has 2 aromatic rings. The monoisotopic (exact) mass is 338 g/mol. The maximum Gasteiger partial charge on any atom is 0.220 e. The molecule has 0 bridgehead atoms. The van der Waals surface area contributed by atoms with Gasteiger partial charge in [0.1, 0.15) is 11.5 Å². The normalized spacial score (nSPS) is 14.9. The van der Waals surface area contributed by atoms with Gasteiger partial charge in [-0.1, -0.05) is 30.3 Å². The summed E-state index contributed by atoms with van der Waals surface area (Å²) in [6.07, 6.45) is 4.00. The van der Waals surface area contributed by atoms with Crippen LogP contribution in [0.2, 0.25) is 0 Å². The lowest BCUT2D eigenvalue weighted by Gasteiger charge is -2.22.